The van der Waals surface area contributed by atoms with Crippen molar-refractivity contribution in [2.45, 2.75) is 65.6 Å². The van der Waals surface area contributed by atoms with Crippen LogP contribution in [0.2, 0.25) is 0 Å². The first-order chi connectivity index (χ1) is 13.0. The van der Waals surface area contributed by atoms with Crippen molar-refractivity contribution < 1.29 is 4.57 Å². The van der Waals surface area contributed by atoms with Crippen molar-refractivity contribution >= 4 is 5.82 Å². The predicted octanol–water partition coefficient (Wildman–Crippen LogP) is 4.99. The molecule has 1 fully saturated rings. The number of aryl methyl sites for hydroxylation is 3. The molecule has 0 spiro atoms. The van der Waals surface area contributed by atoms with Gasteiger partial charge in [-0.1, -0.05) is 18.9 Å². The Balaban J connectivity index is 1.69. The lowest BCUT2D eigenvalue weighted by molar-refractivity contribution is -0.647. The summed E-state index contributed by atoms with van der Waals surface area (Å²) in [5.41, 5.74) is 6.64. The largest absolute Gasteiger partial charge is 0.333 e. The normalized spacial score (nSPS) is 20.1. The summed E-state index contributed by atoms with van der Waals surface area (Å²) in [5, 5.41) is 0. The maximum Gasteiger partial charge on any atom is 0.283 e. The first-order valence-electron chi connectivity index (χ1n) is 10.3. The molecule has 1 aromatic heterocycles. The number of benzene rings is 1. The predicted molar refractivity (Wildman–Crippen MR) is 112 cm³/mol. The first-order valence-corrected chi connectivity index (χ1v) is 10.3. The van der Waals surface area contributed by atoms with Crippen molar-refractivity contribution in [1.82, 2.24) is 4.90 Å². The molecule has 0 amide bonds. The highest BCUT2D eigenvalue weighted by molar-refractivity contribution is 5.64. The summed E-state index contributed by atoms with van der Waals surface area (Å²) in [6.45, 7) is 8.94. The summed E-state index contributed by atoms with van der Waals surface area (Å²) in [6, 6.07) is 12.0. The van der Waals surface area contributed by atoms with Crippen LogP contribution in [-0.2, 0) is 7.05 Å². The molecular weight excluding hydrogens is 330 g/mol. The molecule has 3 nitrogen and oxygen atoms in total. The van der Waals surface area contributed by atoms with Crippen LogP contribution in [0.15, 0.2) is 42.7 Å². The van der Waals surface area contributed by atoms with Gasteiger partial charge in [0.05, 0.1) is 7.05 Å². The van der Waals surface area contributed by atoms with Gasteiger partial charge in [-0.15, -0.1) is 0 Å². The van der Waals surface area contributed by atoms with E-state index in [1.165, 1.54) is 59.4 Å². The second-order valence-electron chi connectivity index (χ2n) is 8.30. The number of hydrogen-bond acceptors (Lipinski definition) is 2. The van der Waals surface area contributed by atoms with Crippen molar-refractivity contribution in [3.8, 4) is 11.3 Å². The lowest BCUT2D eigenvalue weighted by Gasteiger charge is -2.30. The van der Waals surface area contributed by atoms with Gasteiger partial charge in [-0.25, -0.2) is 9.47 Å². The van der Waals surface area contributed by atoms with Gasteiger partial charge >= 0.3 is 0 Å². The molecule has 1 atom stereocenters. The van der Waals surface area contributed by atoms with Crippen molar-refractivity contribution in [1.29, 1.82) is 0 Å². The highest BCUT2D eigenvalue weighted by atomic mass is 15.4. The highest BCUT2D eigenvalue weighted by Crippen LogP contribution is 2.32. The molecule has 142 valence electrons. The van der Waals surface area contributed by atoms with E-state index in [0.29, 0.717) is 12.2 Å². The Labute approximate surface area is 163 Å². The van der Waals surface area contributed by atoms with Crippen LogP contribution in [0.25, 0.3) is 11.3 Å². The Bertz CT molecular complexity index is 877. The molecule has 0 N–H and O–H groups in total. The van der Waals surface area contributed by atoms with Gasteiger partial charge in [-0.2, -0.15) is 0 Å². The molecular formula is C24H32N3+. The van der Waals surface area contributed by atoms with Gasteiger partial charge in [0.15, 0.2) is 6.17 Å². The quantitative estimate of drug-likeness (QED) is 0.713. The lowest BCUT2D eigenvalue weighted by Crippen LogP contribution is -2.46. The zero-order valence-electron chi connectivity index (χ0n) is 17.4. The molecule has 0 saturated heterocycles. The molecule has 2 heterocycles. The van der Waals surface area contributed by atoms with E-state index in [2.05, 4.69) is 91.8 Å². The van der Waals surface area contributed by atoms with Crippen LogP contribution in [0.4, 0.5) is 5.82 Å². The fourth-order valence-corrected chi connectivity index (χ4v) is 4.78. The smallest absolute Gasteiger partial charge is 0.283 e. The fourth-order valence-electron chi connectivity index (χ4n) is 4.78. The van der Waals surface area contributed by atoms with Crippen LogP contribution >= 0.6 is 0 Å². The van der Waals surface area contributed by atoms with E-state index in [1.54, 1.807) is 0 Å². The number of rotatable bonds is 3. The van der Waals surface area contributed by atoms with Gasteiger partial charge in [0.2, 0.25) is 0 Å². The lowest BCUT2D eigenvalue weighted by atomic mass is 9.98. The summed E-state index contributed by atoms with van der Waals surface area (Å²) in [5.74, 6) is 1.24. The second kappa shape index (κ2) is 7.03. The molecule has 0 bridgehead atoms. The molecule has 2 aromatic rings. The Hall–Kier alpha value is -2.29. The number of aromatic nitrogens is 1. The molecule has 1 aromatic carbocycles. The van der Waals surface area contributed by atoms with E-state index in [0.717, 1.165) is 0 Å². The molecule has 4 rings (SSSR count). The van der Waals surface area contributed by atoms with Crippen molar-refractivity contribution in [2.75, 3.05) is 4.90 Å². The van der Waals surface area contributed by atoms with Gasteiger partial charge in [-0.3, -0.25) is 0 Å². The number of hydrogen-bond donors (Lipinski definition) is 0. The van der Waals surface area contributed by atoms with E-state index in [1.807, 2.05) is 0 Å². The minimum Gasteiger partial charge on any atom is -0.333 e. The second-order valence-corrected chi connectivity index (χ2v) is 8.30. The van der Waals surface area contributed by atoms with E-state index in [4.69, 9.17) is 0 Å². The SMILES string of the molecule is Cc1cc(C)c(-c2cccc(N3C=CN(C4CCCC4)[C@H]3C)[n+]2C)cc1C. The fraction of sp³-hybridized carbons (Fsp3) is 0.458. The van der Waals surface area contributed by atoms with Crippen LogP contribution < -0.4 is 9.47 Å². The summed E-state index contributed by atoms with van der Waals surface area (Å²) < 4.78 is 2.34. The maximum atomic E-state index is 2.56. The van der Waals surface area contributed by atoms with Crippen molar-refractivity contribution in [3.63, 3.8) is 0 Å². The standard InChI is InChI=1S/C24H32N3/c1-17-15-19(3)22(16-18(17)2)23-11-8-12-24(25(23)5)27-14-13-26(20(27)4)21-9-6-7-10-21/h8,11-16,20-21H,6-7,9-10H2,1-5H3/q+1/t20-/m1/s1. The van der Waals surface area contributed by atoms with E-state index in [9.17, 15) is 0 Å². The van der Waals surface area contributed by atoms with E-state index < -0.39 is 0 Å². The number of anilines is 1. The molecule has 1 aliphatic heterocycles. The molecule has 2 aliphatic rings. The molecule has 3 heteroatoms. The molecule has 1 saturated carbocycles. The minimum atomic E-state index is 0.371. The molecule has 0 unspecified atom stereocenters. The van der Waals surface area contributed by atoms with Crippen LogP contribution in [0.3, 0.4) is 0 Å². The molecule has 27 heavy (non-hydrogen) atoms. The van der Waals surface area contributed by atoms with Crippen LogP contribution in [0.5, 0.6) is 0 Å². The summed E-state index contributed by atoms with van der Waals surface area (Å²) >= 11 is 0. The third-order valence-corrected chi connectivity index (χ3v) is 6.57. The van der Waals surface area contributed by atoms with Crippen LogP contribution in [-0.4, -0.2) is 17.1 Å². The Kier molecular flexibility index (Phi) is 4.71. The van der Waals surface area contributed by atoms with Gasteiger partial charge in [0, 0.05) is 23.9 Å². The molecule has 0 radical (unpaired) electrons. The maximum absolute atomic E-state index is 2.56. The Morgan fingerprint density at radius 2 is 1.63 bits per heavy atom. The zero-order valence-corrected chi connectivity index (χ0v) is 17.4. The van der Waals surface area contributed by atoms with Gasteiger partial charge < -0.3 is 4.90 Å². The average molecular weight is 363 g/mol. The first kappa shape index (κ1) is 18.1. The summed E-state index contributed by atoms with van der Waals surface area (Å²) in [4.78, 5) is 4.97. The van der Waals surface area contributed by atoms with Crippen LogP contribution in [0, 0.1) is 20.8 Å². The summed E-state index contributed by atoms with van der Waals surface area (Å²) in [6.07, 6.45) is 10.3. The van der Waals surface area contributed by atoms with Crippen molar-refractivity contribution in [3.05, 3.63) is 59.4 Å². The van der Waals surface area contributed by atoms with Gasteiger partial charge in [-0.05, 0) is 75.4 Å². The summed E-state index contributed by atoms with van der Waals surface area (Å²) in [7, 11) is 2.19. The van der Waals surface area contributed by atoms with E-state index >= 15 is 0 Å². The number of nitrogens with zero attached hydrogens (tertiary/aromatic N) is 3. The third-order valence-electron chi connectivity index (χ3n) is 6.57. The zero-order chi connectivity index (χ0) is 19.1. The Morgan fingerprint density at radius 3 is 2.37 bits per heavy atom. The minimum absolute atomic E-state index is 0.371. The number of pyridine rings is 1. The monoisotopic (exact) mass is 362 g/mol. The molecule has 1 aliphatic carbocycles. The highest BCUT2D eigenvalue weighted by Gasteiger charge is 2.36. The van der Waals surface area contributed by atoms with Gasteiger partial charge in [0.25, 0.3) is 5.82 Å². The Morgan fingerprint density at radius 1 is 0.926 bits per heavy atom. The van der Waals surface area contributed by atoms with E-state index in [-0.39, 0.29) is 0 Å². The average Bonchev–Trinajstić information content (AvgIpc) is 3.28. The van der Waals surface area contributed by atoms with Gasteiger partial charge in [0.1, 0.15) is 11.9 Å². The third kappa shape index (κ3) is 3.13. The topological polar surface area (TPSA) is 10.4 Å². The van der Waals surface area contributed by atoms with Crippen LogP contribution in [0.1, 0.15) is 49.3 Å². The van der Waals surface area contributed by atoms with Crippen molar-refractivity contribution in [2.24, 2.45) is 7.05 Å².